The third-order valence-corrected chi connectivity index (χ3v) is 4.32. The van der Waals surface area contributed by atoms with Gasteiger partial charge in [-0.1, -0.05) is 11.6 Å². The van der Waals surface area contributed by atoms with Crippen LogP contribution in [0.25, 0.3) is 10.9 Å². The molecule has 1 unspecified atom stereocenters. The molecular formula is C16H16ClFN2O2. The first-order chi connectivity index (χ1) is 10.6. The van der Waals surface area contributed by atoms with Crippen molar-refractivity contribution < 1.29 is 14.3 Å². The summed E-state index contributed by atoms with van der Waals surface area (Å²) in [5.74, 6) is -0.474. The molecular weight excluding hydrogens is 307 g/mol. The first-order valence-corrected chi connectivity index (χ1v) is 7.62. The van der Waals surface area contributed by atoms with Gasteiger partial charge in [0, 0.05) is 31.1 Å². The van der Waals surface area contributed by atoms with Crippen molar-refractivity contribution in [1.29, 1.82) is 0 Å². The van der Waals surface area contributed by atoms with Gasteiger partial charge in [-0.15, -0.1) is 0 Å². The van der Waals surface area contributed by atoms with Gasteiger partial charge in [0.25, 0.3) is 5.91 Å². The first kappa shape index (κ1) is 15.2. The predicted molar refractivity (Wildman–Crippen MR) is 82.4 cm³/mol. The van der Waals surface area contributed by atoms with Gasteiger partial charge >= 0.3 is 0 Å². The number of hydrogen-bond acceptors (Lipinski definition) is 3. The van der Waals surface area contributed by atoms with Crippen LogP contribution in [0.3, 0.4) is 0 Å². The molecule has 3 rings (SSSR count). The van der Waals surface area contributed by atoms with E-state index < -0.39 is 5.82 Å². The van der Waals surface area contributed by atoms with Crippen LogP contribution in [0.5, 0.6) is 0 Å². The number of aliphatic hydroxyl groups excluding tert-OH is 1. The van der Waals surface area contributed by atoms with Gasteiger partial charge in [-0.25, -0.2) is 9.37 Å². The van der Waals surface area contributed by atoms with E-state index in [0.29, 0.717) is 29.6 Å². The highest BCUT2D eigenvalue weighted by molar-refractivity contribution is 6.33. The highest BCUT2D eigenvalue weighted by Gasteiger charge is 2.26. The normalized spacial score (nSPS) is 18.7. The average Bonchev–Trinajstić information content (AvgIpc) is 2.53. The summed E-state index contributed by atoms with van der Waals surface area (Å²) in [5.41, 5.74) is 0.743. The van der Waals surface area contributed by atoms with Crippen molar-refractivity contribution in [3.05, 3.63) is 40.8 Å². The van der Waals surface area contributed by atoms with Gasteiger partial charge < -0.3 is 10.0 Å². The first-order valence-electron chi connectivity index (χ1n) is 7.24. The molecule has 0 bridgehead atoms. The van der Waals surface area contributed by atoms with Crippen molar-refractivity contribution >= 4 is 28.4 Å². The van der Waals surface area contributed by atoms with Gasteiger partial charge in [-0.2, -0.15) is 0 Å². The van der Waals surface area contributed by atoms with E-state index in [-0.39, 0.29) is 23.6 Å². The Labute approximate surface area is 132 Å². The average molecular weight is 323 g/mol. The lowest BCUT2D eigenvalue weighted by atomic mass is 9.98. The number of nitrogens with zero attached hydrogens (tertiary/aromatic N) is 2. The fourth-order valence-electron chi connectivity index (χ4n) is 2.84. The Morgan fingerprint density at radius 2 is 2.27 bits per heavy atom. The Balaban J connectivity index is 1.93. The molecule has 2 heterocycles. The molecule has 6 heteroatoms. The zero-order valence-corrected chi connectivity index (χ0v) is 12.7. The molecule has 1 saturated heterocycles. The van der Waals surface area contributed by atoms with Crippen molar-refractivity contribution in [2.45, 2.75) is 12.8 Å². The molecule has 0 spiro atoms. The number of carbonyl (C=O) groups is 1. The lowest BCUT2D eigenvalue weighted by Gasteiger charge is -2.32. The molecule has 1 aromatic heterocycles. The second-order valence-electron chi connectivity index (χ2n) is 5.61. The summed E-state index contributed by atoms with van der Waals surface area (Å²) in [6.07, 6.45) is 1.78. The van der Waals surface area contributed by atoms with Crippen molar-refractivity contribution in [1.82, 2.24) is 9.88 Å². The molecule has 1 fully saturated rings. The number of hydrogen-bond donors (Lipinski definition) is 1. The molecule has 1 aliphatic rings. The maximum absolute atomic E-state index is 13.2. The number of carbonyl (C=O) groups excluding carboxylic acids is 1. The summed E-state index contributed by atoms with van der Waals surface area (Å²) in [6.45, 7) is 1.24. The quantitative estimate of drug-likeness (QED) is 0.865. The highest BCUT2D eigenvalue weighted by atomic mass is 35.5. The Bertz CT molecular complexity index is 723. The van der Waals surface area contributed by atoms with Crippen LogP contribution >= 0.6 is 11.6 Å². The van der Waals surface area contributed by atoms with Crippen molar-refractivity contribution in [3.63, 3.8) is 0 Å². The monoisotopic (exact) mass is 322 g/mol. The highest BCUT2D eigenvalue weighted by Crippen LogP contribution is 2.25. The van der Waals surface area contributed by atoms with Crippen LogP contribution in [0.4, 0.5) is 4.39 Å². The zero-order chi connectivity index (χ0) is 15.7. The summed E-state index contributed by atoms with van der Waals surface area (Å²) in [6, 6.07) is 5.85. The fourth-order valence-corrected chi connectivity index (χ4v) is 3.06. The van der Waals surface area contributed by atoms with Gasteiger partial charge in [0.1, 0.15) is 11.0 Å². The lowest BCUT2D eigenvalue weighted by Crippen LogP contribution is -2.41. The summed E-state index contributed by atoms with van der Waals surface area (Å²) in [5, 5.41) is 10.0. The van der Waals surface area contributed by atoms with Crippen molar-refractivity contribution in [2.24, 2.45) is 5.92 Å². The van der Waals surface area contributed by atoms with E-state index in [1.165, 1.54) is 12.1 Å². The predicted octanol–water partition coefficient (Wildman–Crippen LogP) is 2.87. The summed E-state index contributed by atoms with van der Waals surface area (Å²) in [7, 11) is 0. The molecule has 1 aromatic carbocycles. The second kappa shape index (κ2) is 6.18. The summed E-state index contributed by atoms with van der Waals surface area (Å²) < 4.78 is 13.2. The summed E-state index contributed by atoms with van der Waals surface area (Å²) >= 11 is 6.11. The Hall–Kier alpha value is -1.72. The molecule has 1 atom stereocenters. The van der Waals surface area contributed by atoms with E-state index in [1.807, 2.05) is 0 Å². The number of pyridine rings is 1. The number of fused-ring (bicyclic) bond motifs is 1. The molecule has 116 valence electrons. The van der Waals surface area contributed by atoms with Crippen LogP contribution in [0.1, 0.15) is 23.2 Å². The molecule has 1 amide bonds. The van der Waals surface area contributed by atoms with Gasteiger partial charge in [0.15, 0.2) is 0 Å². The minimum absolute atomic E-state index is 0.0762. The van der Waals surface area contributed by atoms with Crippen LogP contribution in [-0.4, -0.2) is 40.6 Å². The van der Waals surface area contributed by atoms with E-state index >= 15 is 0 Å². The van der Waals surface area contributed by atoms with Crippen LogP contribution in [0.2, 0.25) is 5.15 Å². The molecule has 0 radical (unpaired) electrons. The molecule has 2 aromatic rings. The number of piperidine rings is 1. The molecule has 1 N–H and O–H groups in total. The van der Waals surface area contributed by atoms with Crippen molar-refractivity contribution in [3.8, 4) is 0 Å². The number of rotatable bonds is 2. The Kier molecular flexibility index (Phi) is 4.27. The SMILES string of the molecule is O=C(c1cc2ccc(F)cc2nc1Cl)N1CCCC(CO)C1. The largest absolute Gasteiger partial charge is 0.396 e. The summed E-state index contributed by atoms with van der Waals surface area (Å²) in [4.78, 5) is 18.5. The molecule has 1 aliphatic heterocycles. The van der Waals surface area contributed by atoms with E-state index in [2.05, 4.69) is 4.98 Å². The van der Waals surface area contributed by atoms with Gasteiger partial charge in [0.05, 0.1) is 11.1 Å². The number of aliphatic hydroxyl groups is 1. The Morgan fingerprint density at radius 1 is 1.45 bits per heavy atom. The van der Waals surface area contributed by atoms with Crippen molar-refractivity contribution in [2.75, 3.05) is 19.7 Å². The molecule has 22 heavy (non-hydrogen) atoms. The number of likely N-dealkylation sites (tertiary alicyclic amines) is 1. The minimum atomic E-state index is -0.392. The minimum Gasteiger partial charge on any atom is -0.396 e. The Morgan fingerprint density at radius 3 is 3.05 bits per heavy atom. The molecule has 0 saturated carbocycles. The van der Waals surface area contributed by atoms with E-state index in [9.17, 15) is 14.3 Å². The second-order valence-corrected chi connectivity index (χ2v) is 5.96. The van der Waals surface area contributed by atoms with Crippen LogP contribution in [-0.2, 0) is 0 Å². The fraction of sp³-hybridized carbons (Fsp3) is 0.375. The van der Waals surface area contributed by atoms with Gasteiger partial charge in [0.2, 0.25) is 0 Å². The zero-order valence-electron chi connectivity index (χ0n) is 11.9. The number of halogens is 2. The topological polar surface area (TPSA) is 53.4 Å². The maximum atomic E-state index is 13.2. The number of amides is 1. The standard InChI is InChI=1S/C16H16ClFN2O2/c17-15-13(6-11-3-4-12(18)7-14(11)19-15)16(22)20-5-1-2-10(8-20)9-21/h3-4,6-7,10,21H,1-2,5,8-9H2. The van der Waals surface area contributed by atoms with Crippen LogP contribution in [0.15, 0.2) is 24.3 Å². The molecule has 0 aliphatic carbocycles. The van der Waals surface area contributed by atoms with E-state index in [4.69, 9.17) is 11.6 Å². The lowest BCUT2D eigenvalue weighted by molar-refractivity contribution is 0.0620. The molecule has 4 nitrogen and oxygen atoms in total. The van der Waals surface area contributed by atoms with Gasteiger partial charge in [-0.3, -0.25) is 4.79 Å². The van der Waals surface area contributed by atoms with E-state index in [1.54, 1.807) is 17.0 Å². The van der Waals surface area contributed by atoms with Crippen LogP contribution < -0.4 is 0 Å². The maximum Gasteiger partial charge on any atom is 0.257 e. The van der Waals surface area contributed by atoms with E-state index in [0.717, 1.165) is 12.8 Å². The van der Waals surface area contributed by atoms with Crippen LogP contribution in [0, 0.1) is 11.7 Å². The smallest absolute Gasteiger partial charge is 0.257 e. The van der Waals surface area contributed by atoms with Gasteiger partial charge in [-0.05, 0) is 37.0 Å². The third kappa shape index (κ3) is 2.91. The number of aromatic nitrogens is 1. The third-order valence-electron chi connectivity index (χ3n) is 4.03. The number of benzene rings is 1.